The first-order valence-electron chi connectivity index (χ1n) is 7.84. The molecule has 126 valence electrons. The van der Waals surface area contributed by atoms with Gasteiger partial charge in [-0.1, -0.05) is 6.07 Å². The Morgan fingerprint density at radius 1 is 1.21 bits per heavy atom. The Labute approximate surface area is 140 Å². The summed E-state index contributed by atoms with van der Waals surface area (Å²) in [5.74, 6) is 1.24. The molecule has 0 saturated carbocycles. The van der Waals surface area contributed by atoms with E-state index in [4.69, 9.17) is 9.47 Å². The second-order valence-electron chi connectivity index (χ2n) is 5.87. The van der Waals surface area contributed by atoms with Crippen LogP contribution in [0.1, 0.15) is 44.6 Å². The van der Waals surface area contributed by atoms with Gasteiger partial charge in [-0.2, -0.15) is 0 Å². The maximum atomic E-state index is 12.3. The van der Waals surface area contributed by atoms with Gasteiger partial charge in [0.1, 0.15) is 5.69 Å². The van der Waals surface area contributed by atoms with Gasteiger partial charge in [0.2, 0.25) is 6.79 Å². The average Bonchev–Trinajstić information content (AvgIpc) is 3.10. The van der Waals surface area contributed by atoms with Crippen molar-refractivity contribution in [3.63, 3.8) is 0 Å². The monoisotopic (exact) mass is 328 g/mol. The Morgan fingerprint density at radius 3 is 2.67 bits per heavy atom. The number of Topliss-reactive ketones (excluding diaryl/α,β-unsaturated/α-hetero) is 1. The highest BCUT2D eigenvalue weighted by atomic mass is 16.7. The van der Waals surface area contributed by atoms with Crippen molar-refractivity contribution >= 4 is 11.7 Å². The highest BCUT2D eigenvalue weighted by molar-refractivity contribution is 6.02. The normalized spacial score (nSPS) is 12.3. The summed E-state index contributed by atoms with van der Waals surface area (Å²) >= 11 is 0. The van der Waals surface area contributed by atoms with Crippen LogP contribution in [0.25, 0.3) is 0 Å². The van der Waals surface area contributed by atoms with Crippen LogP contribution in [0.3, 0.4) is 0 Å². The number of fused-ring (bicyclic) bond motifs is 1. The average molecular weight is 328 g/mol. The van der Waals surface area contributed by atoms with E-state index >= 15 is 0 Å². The molecule has 0 spiro atoms. The third kappa shape index (κ3) is 2.99. The second kappa shape index (κ2) is 6.39. The maximum absolute atomic E-state index is 12.3. The molecule has 1 aliphatic rings. The number of carbonyl (C=O) groups excluding carboxylic acids is 2. The molecule has 2 aromatic rings. The minimum absolute atomic E-state index is 0.0411. The number of hydrogen-bond donors (Lipinski definition) is 2. The number of rotatable bonds is 5. The van der Waals surface area contributed by atoms with Crippen LogP contribution >= 0.6 is 0 Å². The lowest BCUT2D eigenvalue weighted by Gasteiger charge is -2.06. The van der Waals surface area contributed by atoms with Crippen molar-refractivity contribution in [3.8, 4) is 11.5 Å². The predicted molar refractivity (Wildman–Crippen MR) is 88.9 cm³/mol. The fourth-order valence-corrected chi connectivity index (χ4v) is 3.01. The molecule has 0 atom stereocenters. The maximum Gasteiger partial charge on any atom is 0.268 e. The van der Waals surface area contributed by atoms with Gasteiger partial charge in [0, 0.05) is 17.8 Å². The van der Waals surface area contributed by atoms with Crippen molar-refractivity contribution < 1.29 is 19.1 Å². The number of nitrogens with one attached hydrogen (secondary N) is 2. The van der Waals surface area contributed by atoms with Crippen molar-refractivity contribution in [2.45, 2.75) is 27.2 Å². The molecule has 0 aliphatic carbocycles. The van der Waals surface area contributed by atoms with Crippen LogP contribution in [0.15, 0.2) is 18.2 Å². The summed E-state index contributed by atoms with van der Waals surface area (Å²) in [7, 11) is 0. The van der Waals surface area contributed by atoms with E-state index in [1.165, 1.54) is 6.92 Å². The molecule has 0 radical (unpaired) electrons. The fourth-order valence-electron chi connectivity index (χ4n) is 3.01. The van der Waals surface area contributed by atoms with E-state index in [1.807, 2.05) is 18.2 Å². The number of H-pyrrole nitrogens is 1. The summed E-state index contributed by atoms with van der Waals surface area (Å²) in [6.45, 7) is 5.83. The first kappa shape index (κ1) is 16.1. The van der Waals surface area contributed by atoms with Gasteiger partial charge in [-0.3, -0.25) is 9.59 Å². The summed E-state index contributed by atoms with van der Waals surface area (Å²) in [6, 6.07) is 5.75. The summed E-state index contributed by atoms with van der Waals surface area (Å²) in [6.07, 6.45) is 0.681. The molecule has 6 nitrogen and oxygen atoms in total. The van der Waals surface area contributed by atoms with Gasteiger partial charge in [0.05, 0.1) is 0 Å². The van der Waals surface area contributed by atoms with Crippen LogP contribution < -0.4 is 14.8 Å². The molecule has 1 aliphatic heterocycles. The fraction of sp³-hybridized carbons (Fsp3) is 0.333. The molecule has 0 bridgehead atoms. The van der Waals surface area contributed by atoms with Crippen LogP contribution in [-0.4, -0.2) is 30.0 Å². The quantitative estimate of drug-likeness (QED) is 0.827. The zero-order valence-corrected chi connectivity index (χ0v) is 14.0. The molecular weight excluding hydrogens is 308 g/mol. The topological polar surface area (TPSA) is 80.4 Å². The van der Waals surface area contributed by atoms with Gasteiger partial charge in [-0.25, -0.2) is 0 Å². The SMILES string of the molecule is CC(=O)c1c(C)[nH]c(C(=O)NCCc2ccc3c(c2)OCO3)c1C. The first-order chi connectivity index (χ1) is 11.5. The molecule has 2 heterocycles. The number of benzene rings is 1. The highest BCUT2D eigenvalue weighted by Gasteiger charge is 2.19. The first-order valence-corrected chi connectivity index (χ1v) is 7.84. The molecular formula is C18H20N2O4. The van der Waals surface area contributed by atoms with Crippen LogP contribution in [0, 0.1) is 13.8 Å². The Balaban J connectivity index is 1.62. The second-order valence-corrected chi connectivity index (χ2v) is 5.87. The van der Waals surface area contributed by atoms with E-state index < -0.39 is 0 Å². The van der Waals surface area contributed by atoms with Crippen molar-refractivity contribution in [1.82, 2.24) is 10.3 Å². The van der Waals surface area contributed by atoms with Crippen molar-refractivity contribution in [1.29, 1.82) is 0 Å². The highest BCUT2D eigenvalue weighted by Crippen LogP contribution is 2.32. The van der Waals surface area contributed by atoms with Crippen LogP contribution in [0.5, 0.6) is 11.5 Å². The lowest BCUT2D eigenvalue weighted by Crippen LogP contribution is -2.26. The number of ketones is 1. The van der Waals surface area contributed by atoms with E-state index in [0.29, 0.717) is 29.8 Å². The molecule has 1 aromatic carbocycles. The number of amides is 1. The minimum atomic E-state index is -0.205. The Morgan fingerprint density at radius 2 is 1.96 bits per heavy atom. The van der Waals surface area contributed by atoms with Gasteiger partial charge in [0.25, 0.3) is 5.91 Å². The largest absolute Gasteiger partial charge is 0.454 e. The van der Waals surface area contributed by atoms with Gasteiger partial charge < -0.3 is 19.8 Å². The molecule has 24 heavy (non-hydrogen) atoms. The summed E-state index contributed by atoms with van der Waals surface area (Å²) in [5, 5.41) is 2.88. The zero-order valence-electron chi connectivity index (χ0n) is 14.0. The van der Waals surface area contributed by atoms with Crippen LogP contribution in [0.2, 0.25) is 0 Å². The molecule has 1 aromatic heterocycles. The van der Waals surface area contributed by atoms with Crippen molar-refractivity contribution in [2.24, 2.45) is 0 Å². The molecule has 6 heteroatoms. The van der Waals surface area contributed by atoms with Crippen molar-refractivity contribution in [2.75, 3.05) is 13.3 Å². The lowest BCUT2D eigenvalue weighted by molar-refractivity contribution is 0.0949. The van der Waals surface area contributed by atoms with E-state index in [2.05, 4.69) is 10.3 Å². The third-order valence-electron chi connectivity index (χ3n) is 4.15. The summed E-state index contributed by atoms with van der Waals surface area (Å²) in [4.78, 5) is 27.0. The standard InChI is InChI=1S/C18H20N2O4/c1-10-16(12(3)21)11(2)20-17(10)18(22)19-7-6-13-4-5-14-15(8-13)24-9-23-14/h4-5,8,20H,6-7,9H2,1-3H3,(H,19,22). The molecule has 3 rings (SSSR count). The molecule has 0 fully saturated rings. The predicted octanol–water partition coefficient (Wildman–Crippen LogP) is 2.54. The third-order valence-corrected chi connectivity index (χ3v) is 4.15. The smallest absolute Gasteiger partial charge is 0.268 e. The minimum Gasteiger partial charge on any atom is -0.454 e. The van der Waals surface area contributed by atoms with E-state index in [1.54, 1.807) is 13.8 Å². The molecule has 0 unspecified atom stereocenters. The molecule has 2 N–H and O–H groups in total. The van der Waals surface area contributed by atoms with Gasteiger partial charge >= 0.3 is 0 Å². The summed E-state index contributed by atoms with van der Waals surface area (Å²) in [5.41, 5.74) is 3.52. The van der Waals surface area contributed by atoms with Gasteiger partial charge in [0.15, 0.2) is 17.3 Å². The van der Waals surface area contributed by atoms with Crippen molar-refractivity contribution in [3.05, 3.63) is 46.3 Å². The number of aromatic nitrogens is 1. The Kier molecular flexibility index (Phi) is 4.29. The zero-order chi connectivity index (χ0) is 17.3. The van der Waals surface area contributed by atoms with Gasteiger partial charge in [-0.05, 0) is 50.5 Å². The number of hydrogen-bond acceptors (Lipinski definition) is 4. The number of aryl methyl sites for hydroxylation is 1. The summed E-state index contributed by atoms with van der Waals surface area (Å²) < 4.78 is 10.6. The van der Waals surface area contributed by atoms with E-state index in [9.17, 15) is 9.59 Å². The Hall–Kier alpha value is -2.76. The van der Waals surface area contributed by atoms with Crippen LogP contribution in [0.4, 0.5) is 0 Å². The number of ether oxygens (including phenoxy) is 2. The lowest BCUT2D eigenvalue weighted by atomic mass is 10.1. The van der Waals surface area contributed by atoms with E-state index in [0.717, 1.165) is 22.8 Å². The molecule has 0 saturated heterocycles. The Bertz CT molecular complexity index is 808. The van der Waals surface area contributed by atoms with E-state index in [-0.39, 0.29) is 18.5 Å². The molecule has 1 amide bonds. The van der Waals surface area contributed by atoms with Crippen LogP contribution in [-0.2, 0) is 6.42 Å². The number of aromatic amines is 1. The van der Waals surface area contributed by atoms with Gasteiger partial charge in [-0.15, -0.1) is 0 Å². The number of carbonyl (C=O) groups is 2.